The molecule has 1 aromatic rings. The minimum Gasteiger partial charge on any atom is -0.491 e. The molecule has 0 spiro atoms. The fourth-order valence-electron chi connectivity index (χ4n) is 1.72. The van der Waals surface area contributed by atoms with Crippen LogP contribution in [0.25, 0.3) is 0 Å². The molecule has 112 valence electrons. The van der Waals surface area contributed by atoms with Crippen molar-refractivity contribution in [2.45, 2.75) is 26.0 Å². The van der Waals surface area contributed by atoms with Crippen LogP contribution in [0.3, 0.4) is 0 Å². The number of ether oxygens (including phenoxy) is 2. The van der Waals surface area contributed by atoms with Crippen LogP contribution in [0.4, 0.5) is 0 Å². The van der Waals surface area contributed by atoms with Gasteiger partial charge in [0.2, 0.25) is 0 Å². The van der Waals surface area contributed by atoms with Gasteiger partial charge in [0.15, 0.2) is 0 Å². The van der Waals surface area contributed by atoms with Crippen molar-refractivity contribution in [3.8, 4) is 5.75 Å². The molecule has 0 aliphatic carbocycles. The van der Waals surface area contributed by atoms with Crippen molar-refractivity contribution in [1.29, 1.82) is 0 Å². The minimum atomic E-state index is -0.189. The predicted molar refractivity (Wildman–Crippen MR) is 83.3 cm³/mol. The molecule has 0 fully saturated rings. The molecule has 0 aliphatic rings. The van der Waals surface area contributed by atoms with Crippen molar-refractivity contribution in [3.05, 3.63) is 29.8 Å². The highest BCUT2D eigenvalue weighted by Gasteiger charge is 2.11. The first-order chi connectivity index (χ1) is 9.56. The summed E-state index contributed by atoms with van der Waals surface area (Å²) in [6, 6.07) is 8.27. The molecule has 0 aliphatic heterocycles. The summed E-state index contributed by atoms with van der Waals surface area (Å²) in [4.78, 5) is 11.1. The van der Waals surface area contributed by atoms with E-state index in [4.69, 9.17) is 4.74 Å². The number of methoxy groups -OCH3 is 1. The number of nitrogens with one attached hydrogen (secondary N) is 1. The fourth-order valence-corrected chi connectivity index (χ4v) is 2.71. The zero-order valence-corrected chi connectivity index (χ0v) is 13.3. The van der Waals surface area contributed by atoms with Gasteiger partial charge in [0, 0.05) is 11.8 Å². The first kappa shape index (κ1) is 16.9. The van der Waals surface area contributed by atoms with E-state index in [1.807, 2.05) is 33.0 Å². The highest BCUT2D eigenvalue weighted by atomic mass is 32.2. The summed E-state index contributed by atoms with van der Waals surface area (Å²) >= 11 is 1.56. The highest BCUT2D eigenvalue weighted by Crippen LogP contribution is 2.21. The zero-order valence-electron chi connectivity index (χ0n) is 12.5. The number of rotatable bonds is 8. The molecule has 1 rings (SSSR count). The van der Waals surface area contributed by atoms with Crippen LogP contribution in [0.5, 0.6) is 5.75 Å². The summed E-state index contributed by atoms with van der Waals surface area (Å²) in [5.41, 5.74) is 1.18. The van der Waals surface area contributed by atoms with E-state index in [1.54, 1.807) is 11.8 Å². The lowest BCUT2D eigenvalue weighted by atomic mass is 10.1. The van der Waals surface area contributed by atoms with Gasteiger partial charge < -0.3 is 14.8 Å². The Labute approximate surface area is 125 Å². The molecule has 0 radical (unpaired) electrons. The maximum absolute atomic E-state index is 11.1. The van der Waals surface area contributed by atoms with Gasteiger partial charge in [0.1, 0.15) is 5.75 Å². The quantitative estimate of drug-likeness (QED) is 0.748. The van der Waals surface area contributed by atoms with E-state index in [-0.39, 0.29) is 18.1 Å². The normalized spacial score (nSPS) is 12.2. The molecule has 0 amide bonds. The lowest BCUT2D eigenvalue weighted by Crippen LogP contribution is -2.19. The SMILES string of the molecule is CNC(CSCC(=O)OC)c1ccc(OC(C)C)cc1. The van der Waals surface area contributed by atoms with E-state index in [9.17, 15) is 4.79 Å². The van der Waals surface area contributed by atoms with Crippen molar-refractivity contribution in [1.82, 2.24) is 5.32 Å². The average Bonchev–Trinajstić information content (AvgIpc) is 2.44. The Hall–Kier alpha value is -1.20. The molecule has 0 saturated heterocycles. The number of benzene rings is 1. The molecule has 1 unspecified atom stereocenters. The van der Waals surface area contributed by atoms with E-state index >= 15 is 0 Å². The summed E-state index contributed by atoms with van der Waals surface area (Å²) in [5, 5.41) is 3.26. The van der Waals surface area contributed by atoms with Crippen LogP contribution in [0.15, 0.2) is 24.3 Å². The van der Waals surface area contributed by atoms with Crippen molar-refractivity contribution in [3.63, 3.8) is 0 Å². The van der Waals surface area contributed by atoms with Crippen molar-refractivity contribution >= 4 is 17.7 Å². The number of thioether (sulfide) groups is 1. The van der Waals surface area contributed by atoms with Crippen LogP contribution in [0.1, 0.15) is 25.5 Å². The highest BCUT2D eigenvalue weighted by molar-refractivity contribution is 7.99. The Morgan fingerprint density at radius 2 is 1.95 bits per heavy atom. The molecule has 5 heteroatoms. The maximum atomic E-state index is 11.1. The van der Waals surface area contributed by atoms with Gasteiger partial charge in [-0.1, -0.05) is 12.1 Å². The van der Waals surface area contributed by atoms with Crippen LogP contribution in [-0.4, -0.2) is 37.7 Å². The van der Waals surface area contributed by atoms with Crippen molar-refractivity contribution in [2.24, 2.45) is 0 Å². The maximum Gasteiger partial charge on any atom is 0.315 e. The summed E-state index contributed by atoms with van der Waals surface area (Å²) in [5.74, 6) is 1.88. The van der Waals surface area contributed by atoms with Crippen LogP contribution in [0.2, 0.25) is 0 Å². The lowest BCUT2D eigenvalue weighted by molar-refractivity contribution is -0.137. The largest absolute Gasteiger partial charge is 0.491 e. The molecule has 0 saturated carbocycles. The molecular weight excluding hydrogens is 274 g/mol. The Morgan fingerprint density at radius 1 is 1.30 bits per heavy atom. The summed E-state index contributed by atoms with van der Waals surface area (Å²) in [6.45, 7) is 4.02. The second kappa shape index (κ2) is 8.87. The Morgan fingerprint density at radius 3 is 2.45 bits per heavy atom. The molecule has 1 aromatic carbocycles. The number of hydrogen-bond acceptors (Lipinski definition) is 5. The van der Waals surface area contributed by atoms with E-state index in [2.05, 4.69) is 22.2 Å². The van der Waals surface area contributed by atoms with E-state index in [0.29, 0.717) is 5.75 Å². The molecule has 1 N–H and O–H groups in total. The summed E-state index contributed by atoms with van der Waals surface area (Å²) < 4.78 is 10.3. The zero-order chi connectivity index (χ0) is 15.0. The topological polar surface area (TPSA) is 47.6 Å². The Kier molecular flexibility index (Phi) is 7.47. The molecule has 0 heterocycles. The van der Waals surface area contributed by atoms with Crippen LogP contribution in [0, 0.1) is 0 Å². The van der Waals surface area contributed by atoms with E-state index < -0.39 is 0 Å². The van der Waals surface area contributed by atoms with Crippen LogP contribution < -0.4 is 10.1 Å². The number of carbonyl (C=O) groups excluding carboxylic acids is 1. The number of hydrogen-bond donors (Lipinski definition) is 1. The monoisotopic (exact) mass is 297 g/mol. The third-order valence-corrected chi connectivity index (χ3v) is 3.74. The molecule has 0 aromatic heterocycles. The van der Waals surface area contributed by atoms with Gasteiger partial charge in [-0.3, -0.25) is 4.79 Å². The van der Waals surface area contributed by atoms with Crippen LogP contribution in [-0.2, 0) is 9.53 Å². The second-order valence-corrected chi connectivity index (χ2v) is 5.70. The molecule has 4 nitrogen and oxygen atoms in total. The van der Waals surface area contributed by atoms with Crippen molar-refractivity contribution < 1.29 is 14.3 Å². The fraction of sp³-hybridized carbons (Fsp3) is 0.533. The van der Waals surface area contributed by atoms with Crippen LogP contribution >= 0.6 is 11.8 Å². The third kappa shape index (κ3) is 5.84. The molecule has 0 bridgehead atoms. The van der Waals surface area contributed by atoms with Crippen molar-refractivity contribution in [2.75, 3.05) is 25.7 Å². The Balaban J connectivity index is 2.54. The molecule has 1 atom stereocenters. The first-order valence-electron chi connectivity index (χ1n) is 6.65. The van der Waals surface area contributed by atoms with Gasteiger partial charge >= 0.3 is 5.97 Å². The van der Waals surface area contributed by atoms with Gasteiger partial charge in [-0.05, 0) is 38.6 Å². The Bertz CT molecular complexity index is 406. The van der Waals surface area contributed by atoms with E-state index in [1.165, 1.54) is 12.7 Å². The second-order valence-electron chi connectivity index (χ2n) is 4.67. The van der Waals surface area contributed by atoms with E-state index in [0.717, 1.165) is 11.5 Å². The number of carbonyl (C=O) groups is 1. The summed E-state index contributed by atoms with van der Waals surface area (Å²) in [7, 11) is 3.33. The van der Waals surface area contributed by atoms with Gasteiger partial charge in [0.25, 0.3) is 0 Å². The standard InChI is InChI=1S/C15H23NO3S/c1-11(2)19-13-7-5-12(6-8-13)14(16-3)9-20-10-15(17)18-4/h5-8,11,14,16H,9-10H2,1-4H3. The van der Waals surface area contributed by atoms with Gasteiger partial charge in [-0.25, -0.2) is 0 Å². The number of esters is 1. The first-order valence-corrected chi connectivity index (χ1v) is 7.80. The third-order valence-electron chi connectivity index (χ3n) is 2.73. The predicted octanol–water partition coefficient (Wildman–Crippen LogP) is 2.64. The summed E-state index contributed by atoms with van der Waals surface area (Å²) in [6.07, 6.45) is 0.177. The minimum absolute atomic E-state index is 0.177. The molecular formula is C15H23NO3S. The average molecular weight is 297 g/mol. The smallest absolute Gasteiger partial charge is 0.315 e. The van der Waals surface area contributed by atoms with Gasteiger partial charge in [-0.2, -0.15) is 0 Å². The lowest BCUT2D eigenvalue weighted by Gasteiger charge is -2.17. The molecule has 20 heavy (non-hydrogen) atoms. The van der Waals surface area contributed by atoms with Gasteiger partial charge in [0.05, 0.1) is 19.0 Å². The van der Waals surface area contributed by atoms with Gasteiger partial charge in [-0.15, -0.1) is 11.8 Å².